The molecule has 0 bridgehead atoms. The Kier molecular flexibility index (Phi) is 7.95. The van der Waals surface area contributed by atoms with E-state index in [1.807, 2.05) is 29.2 Å². The van der Waals surface area contributed by atoms with Gasteiger partial charge in [0.15, 0.2) is 0 Å². The predicted octanol–water partition coefficient (Wildman–Crippen LogP) is 3.13. The van der Waals surface area contributed by atoms with Gasteiger partial charge in [-0.3, -0.25) is 9.59 Å². The van der Waals surface area contributed by atoms with Gasteiger partial charge >= 0.3 is 0 Å². The lowest BCUT2D eigenvalue weighted by molar-refractivity contribution is -0.138. The van der Waals surface area contributed by atoms with Crippen molar-refractivity contribution >= 4 is 35.8 Å². The summed E-state index contributed by atoms with van der Waals surface area (Å²) in [7, 11) is 1.78. The quantitative estimate of drug-likeness (QED) is 0.806. The SMILES string of the molecule is CCNCC1CCN(C(=O)C2CC(=O)N(C)C2c2cccc(Cl)c2)CC1.Cl. The third-order valence-corrected chi connectivity index (χ3v) is 5.94. The summed E-state index contributed by atoms with van der Waals surface area (Å²) in [5.74, 6) is 0.442. The molecule has 2 fully saturated rings. The van der Waals surface area contributed by atoms with Gasteiger partial charge in [0.25, 0.3) is 0 Å². The number of hydrogen-bond acceptors (Lipinski definition) is 3. The van der Waals surface area contributed by atoms with Crippen LogP contribution in [0.15, 0.2) is 24.3 Å². The number of rotatable bonds is 5. The van der Waals surface area contributed by atoms with Crippen LogP contribution in [0.1, 0.15) is 37.8 Å². The number of hydrogen-bond donors (Lipinski definition) is 1. The van der Waals surface area contributed by atoms with Gasteiger partial charge in [0.05, 0.1) is 12.0 Å². The Hall–Kier alpha value is -1.30. The molecule has 1 aromatic rings. The lowest BCUT2D eigenvalue weighted by Gasteiger charge is -2.35. The molecule has 0 aliphatic carbocycles. The van der Waals surface area contributed by atoms with Gasteiger partial charge in [0.2, 0.25) is 11.8 Å². The number of piperidine rings is 1. The van der Waals surface area contributed by atoms with Crippen LogP contribution >= 0.6 is 24.0 Å². The van der Waals surface area contributed by atoms with E-state index >= 15 is 0 Å². The van der Waals surface area contributed by atoms with Crippen molar-refractivity contribution in [3.63, 3.8) is 0 Å². The van der Waals surface area contributed by atoms with Crippen LogP contribution in [0.25, 0.3) is 0 Å². The molecule has 2 atom stereocenters. The maximum Gasteiger partial charge on any atom is 0.228 e. The Morgan fingerprint density at radius 3 is 2.63 bits per heavy atom. The van der Waals surface area contributed by atoms with Crippen LogP contribution in [0, 0.1) is 11.8 Å². The van der Waals surface area contributed by atoms with Crippen LogP contribution in [0.3, 0.4) is 0 Å². The fourth-order valence-electron chi connectivity index (χ4n) is 4.18. The number of carbonyl (C=O) groups excluding carboxylic acids is 2. The molecule has 1 N–H and O–H groups in total. The highest BCUT2D eigenvalue weighted by atomic mass is 35.5. The van der Waals surface area contributed by atoms with E-state index in [4.69, 9.17) is 11.6 Å². The number of carbonyl (C=O) groups is 2. The van der Waals surface area contributed by atoms with Crippen LogP contribution in [0.4, 0.5) is 0 Å². The molecule has 7 heteroatoms. The first kappa shape index (κ1) is 22.0. The number of halogens is 2. The van der Waals surface area contributed by atoms with Gasteiger partial charge in [0, 0.05) is 31.6 Å². The standard InChI is InChI=1S/C20H28ClN3O2.ClH/c1-3-22-13-14-7-9-24(10-8-14)20(26)17-12-18(25)23(2)19(17)15-5-4-6-16(21)11-15;/h4-6,11,14,17,19,22H,3,7-10,12-13H2,1-2H3;1H. The van der Waals surface area contributed by atoms with Crippen molar-refractivity contribution < 1.29 is 9.59 Å². The Bertz CT molecular complexity index is 662. The lowest BCUT2D eigenvalue weighted by atomic mass is 9.90. The Morgan fingerprint density at radius 2 is 2.00 bits per heavy atom. The van der Waals surface area contributed by atoms with E-state index in [2.05, 4.69) is 12.2 Å². The van der Waals surface area contributed by atoms with E-state index in [9.17, 15) is 9.59 Å². The van der Waals surface area contributed by atoms with Crippen LogP contribution in [0.5, 0.6) is 0 Å². The lowest BCUT2D eigenvalue weighted by Crippen LogP contribution is -2.44. The van der Waals surface area contributed by atoms with Crippen LogP contribution in [-0.2, 0) is 9.59 Å². The second-order valence-corrected chi connectivity index (χ2v) is 7.83. The van der Waals surface area contributed by atoms with Gasteiger partial charge in [-0.1, -0.05) is 30.7 Å². The highest BCUT2D eigenvalue weighted by molar-refractivity contribution is 6.30. The number of nitrogens with zero attached hydrogens (tertiary/aromatic N) is 2. The maximum absolute atomic E-state index is 13.2. The Labute approximate surface area is 172 Å². The molecule has 2 amide bonds. The van der Waals surface area contributed by atoms with E-state index in [-0.39, 0.29) is 42.6 Å². The zero-order valence-corrected chi connectivity index (χ0v) is 17.6. The van der Waals surface area contributed by atoms with Gasteiger partial charge in [-0.25, -0.2) is 0 Å². The fraction of sp³-hybridized carbons (Fsp3) is 0.600. The molecule has 0 saturated carbocycles. The van der Waals surface area contributed by atoms with E-state index in [0.717, 1.165) is 44.6 Å². The third-order valence-electron chi connectivity index (χ3n) is 5.70. The summed E-state index contributed by atoms with van der Waals surface area (Å²) < 4.78 is 0. The van der Waals surface area contributed by atoms with Crippen molar-refractivity contribution in [2.75, 3.05) is 33.2 Å². The van der Waals surface area contributed by atoms with E-state index in [1.54, 1.807) is 11.9 Å². The highest BCUT2D eigenvalue weighted by Crippen LogP contribution is 2.39. The summed E-state index contributed by atoms with van der Waals surface area (Å²) in [4.78, 5) is 29.2. The predicted molar refractivity (Wildman–Crippen MR) is 110 cm³/mol. The van der Waals surface area contributed by atoms with Crippen molar-refractivity contribution in [3.05, 3.63) is 34.9 Å². The molecule has 2 heterocycles. The zero-order valence-electron chi connectivity index (χ0n) is 16.0. The summed E-state index contributed by atoms with van der Waals surface area (Å²) in [6.07, 6.45) is 2.33. The van der Waals surface area contributed by atoms with Gasteiger partial charge in [-0.05, 0) is 49.5 Å². The molecule has 2 aliphatic rings. The summed E-state index contributed by atoms with van der Waals surface area (Å²) in [5.41, 5.74) is 0.936. The molecular formula is C20H29Cl2N3O2. The first-order valence-electron chi connectivity index (χ1n) is 9.52. The molecule has 27 heavy (non-hydrogen) atoms. The number of benzene rings is 1. The molecule has 0 spiro atoms. The molecule has 3 rings (SSSR count). The molecule has 2 saturated heterocycles. The van der Waals surface area contributed by atoms with E-state index < -0.39 is 0 Å². The van der Waals surface area contributed by atoms with Gasteiger partial charge < -0.3 is 15.1 Å². The molecule has 5 nitrogen and oxygen atoms in total. The first-order chi connectivity index (χ1) is 12.5. The Balaban J connectivity index is 0.00000261. The van der Waals surface area contributed by atoms with E-state index in [0.29, 0.717) is 10.9 Å². The van der Waals surface area contributed by atoms with Crippen molar-refractivity contribution in [2.24, 2.45) is 11.8 Å². The molecule has 2 aliphatic heterocycles. The number of likely N-dealkylation sites (tertiary alicyclic amines) is 2. The molecule has 0 aromatic heterocycles. The second kappa shape index (κ2) is 9.76. The summed E-state index contributed by atoms with van der Waals surface area (Å²) in [6.45, 7) is 5.69. The first-order valence-corrected chi connectivity index (χ1v) is 9.89. The topological polar surface area (TPSA) is 52.7 Å². The smallest absolute Gasteiger partial charge is 0.228 e. The molecule has 2 unspecified atom stereocenters. The summed E-state index contributed by atoms with van der Waals surface area (Å²) in [6, 6.07) is 7.28. The van der Waals surface area contributed by atoms with E-state index in [1.165, 1.54) is 0 Å². The average molecular weight is 414 g/mol. The van der Waals surface area contributed by atoms with Crippen LogP contribution < -0.4 is 5.32 Å². The van der Waals surface area contributed by atoms with Crippen LogP contribution in [-0.4, -0.2) is 54.8 Å². The minimum Gasteiger partial charge on any atom is -0.342 e. The second-order valence-electron chi connectivity index (χ2n) is 7.39. The van der Waals surface area contributed by atoms with Crippen molar-refractivity contribution in [1.82, 2.24) is 15.1 Å². The monoisotopic (exact) mass is 413 g/mol. The number of amides is 2. The Morgan fingerprint density at radius 1 is 1.30 bits per heavy atom. The van der Waals surface area contributed by atoms with Crippen molar-refractivity contribution in [3.8, 4) is 0 Å². The third kappa shape index (κ3) is 4.95. The van der Waals surface area contributed by atoms with Crippen molar-refractivity contribution in [1.29, 1.82) is 0 Å². The molecule has 150 valence electrons. The minimum atomic E-state index is -0.323. The molecule has 0 radical (unpaired) electrons. The summed E-state index contributed by atoms with van der Waals surface area (Å²) in [5, 5.41) is 4.03. The van der Waals surface area contributed by atoms with Crippen LogP contribution in [0.2, 0.25) is 5.02 Å². The number of nitrogens with one attached hydrogen (secondary N) is 1. The fourth-order valence-corrected chi connectivity index (χ4v) is 4.38. The molecular weight excluding hydrogens is 385 g/mol. The average Bonchev–Trinajstić information content (AvgIpc) is 2.94. The zero-order chi connectivity index (χ0) is 18.7. The summed E-state index contributed by atoms with van der Waals surface area (Å²) >= 11 is 6.14. The van der Waals surface area contributed by atoms with Gasteiger partial charge in [-0.15, -0.1) is 12.4 Å². The minimum absolute atomic E-state index is 0. The molecule has 1 aromatic carbocycles. The maximum atomic E-state index is 13.2. The largest absolute Gasteiger partial charge is 0.342 e. The van der Waals surface area contributed by atoms with Gasteiger partial charge in [0.1, 0.15) is 0 Å². The van der Waals surface area contributed by atoms with Gasteiger partial charge in [-0.2, -0.15) is 0 Å². The van der Waals surface area contributed by atoms with Crippen molar-refractivity contribution in [2.45, 2.75) is 32.2 Å². The highest BCUT2D eigenvalue weighted by Gasteiger charge is 2.44. The normalized spacial score (nSPS) is 23.4.